The molecule has 0 spiro atoms. The summed E-state index contributed by atoms with van der Waals surface area (Å²) in [4.78, 5) is 36.1. The summed E-state index contributed by atoms with van der Waals surface area (Å²) in [6.45, 7) is 5.19. The van der Waals surface area contributed by atoms with Gasteiger partial charge in [0.05, 0.1) is 5.92 Å². The molecule has 1 saturated heterocycles. The molecule has 2 heterocycles. The zero-order chi connectivity index (χ0) is 21.3. The van der Waals surface area contributed by atoms with Crippen molar-refractivity contribution in [3.63, 3.8) is 0 Å². The molecule has 0 saturated carbocycles. The van der Waals surface area contributed by atoms with Gasteiger partial charge in [-0.2, -0.15) is 0 Å². The van der Waals surface area contributed by atoms with Crippen LogP contribution in [0.2, 0.25) is 10.0 Å². The van der Waals surface area contributed by atoms with Crippen LogP contribution in [-0.4, -0.2) is 27.9 Å². The summed E-state index contributed by atoms with van der Waals surface area (Å²) >= 11 is 12.8. The van der Waals surface area contributed by atoms with Crippen LogP contribution in [0.3, 0.4) is 0 Å². The zero-order valence-electron chi connectivity index (χ0n) is 16.1. The molecule has 3 rings (SSSR count). The molecule has 1 unspecified atom stereocenters. The van der Waals surface area contributed by atoms with Crippen molar-refractivity contribution in [1.29, 1.82) is 0 Å². The quantitative estimate of drug-likeness (QED) is 0.693. The minimum atomic E-state index is -1.01. The maximum Gasteiger partial charge on any atom is 0.235 e. The van der Waals surface area contributed by atoms with Gasteiger partial charge in [0.25, 0.3) is 0 Å². The molecule has 1 aliphatic rings. The Labute approximate surface area is 177 Å². The van der Waals surface area contributed by atoms with E-state index in [1.165, 1.54) is 0 Å². The van der Waals surface area contributed by atoms with Crippen LogP contribution < -0.4 is 10.6 Å². The van der Waals surface area contributed by atoms with E-state index in [9.17, 15) is 14.4 Å². The summed E-state index contributed by atoms with van der Waals surface area (Å²) in [7, 11) is 0. The van der Waals surface area contributed by atoms with Crippen molar-refractivity contribution >= 4 is 40.9 Å². The molecule has 2 aromatic rings. The van der Waals surface area contributed by atoms with Gasteiger partial charge in [-0.25, -0.2) is 0 Å². The average Bonchev–Trinajstić information content (AvgIpc) is 3.08. The first-order valence-electron chi connectivity index (χ1n) is 9.00. The van der Waals surface area contributed by atoms with Crippen molar-refractivity contribution in [2.75, 3.05) is 0 Å². The number of imide groups is 1. The number of benzene rings is 1. The lowest BCUT2D eigenvalue weighted by molar-refractivity contribution is -0.134. The van der Waals surface area contributed by atoms with E-state index in [0.29, 0.717) is 33.5 Å². The Morgan fingerprint density at radius 3 is 2.48 bits per heavy atom. The number of aromatic nitrogens is 2. The highest BCUT2D eigenvalue weighted by molar-refractivity contribution is 6.36. The van der Waals surface area contributed by atoms with E-state index < -0.39 is 17.2 Å². The van der Waals surface area contributed by atoms with Gasteiger partial charge in [0.2, 0.25) is 29.5 Å². The Bertz CT molecular complexity index is 963. The molecule has 0 aliphatic carbocycles. The maximum atomic E-state index is 12.6. The summed E-state index contributed by atoms with van der Waals surface area (Å²) in [6, 6.07) is 3.30. The second-order valence-electron chi connectivity index (χ2n) is 7.41. The first kappa shape index (κ1) is 21.3. The number of nitrogens with zero attached hydrogens (tertiary/aromatic N) is 2. The van der Waals surface area contributed by atoms with Crippen LogP contribution in [-0.2, 0) is 26.3 Å². The number of piperidine rings is 1. The molecule has 29 heavy (non-hydrogen) atoms. The van der Waals surface area contributed by atoms with Crippen LogP contribution in [0.15, 0.2) is 16.5 Å². The van der Waals surface area contributed by atoms with Gasteiger partial charge in [0.1, 0.15) is 5.41 Å². The number of carbonyl (C=O) groups excluding carboxylic acids is 3. The fourth-order valence-corrected chi connectivity index (χ4v) is 3.89. The van der Waals surface area contributed by atoms with E-state index in [4.69, 9.17) is 27.6 Å². The molecule has 1 atom stereocenters. The monoisotopic (exact) mass is 438 g/mol. The Hall–Kier alpha value is -2.45. The number of rotatable bonds is 5. The fourth-order valence-electron chi connectivity index (χ4n) is 3.09. The van der Waals surface area contributed by atoms with Crippen molar-refractivity contribution < 1.29 is 18.8 Å². The van der Waals surface area contributed by atoms with Crippen molar-refractivity contribution in [2.24, 2.45) is 0 Å². The average molecular weight is 439 g/mol. The lowest BCUT2D eigenvalue weighted by Gasteiger charge is -2.23. The third kappa shape index (κ3) is 4.43. The Morgan fingerprint density at radius 1 is 1.28 bits per heavy atom. The van der Waals surface area contributed by atoms with Gasteiger partial charge in [-0.15, -0.1) is 10.2 Å². The van der Waals surface area contributed by atoms with Gasteiger partial charge in [-0.3, -0.25) is 19.7 Å². The highest BCUT2D eigenvalue weighted by Gasteiger charge is 2.35. The number of carbonyl (C=O) groups is 3. The van der Waals surface area contributed by atoms with E-state index in [1.54, 1.807) is 32.9 Å². The number of halogens is 2. The maximum absolute atomic E-state index is 12.6. The molecule has 0 bridgehead atoms. The third-order valence-corrected chi connectivity index (χ3v) is 5.43. The van der Waals surface area contributed by atoms with Crippen molar-refractivity contribution in [2.45, 2.75) is 51.5 Å². The number of aryl methyl sites for hydroxylation is 1. The number of hydrogen-bond donors (Lipinski definition) is 2. The highest BCUT2D eigenvalue weighted by Crippen LogP contribution is 2.37. The van der Waals surface area contributed by atoms with E-state index in [0.717, 1.165) is 0 Å². The van der Waals surface area contributed by atoms with Crippen molar-refractivity contribution in [3.05, 3.63) is 45.1 Å². The number of nitrogens with one attached hydrogen (secondary N) is 2. The summed E-state index contributed by atoms with van der Waals surface area (Å²) in [5, 5.41) is 13.4. The largest absolute Gasteiger partial charge is 0.424 e. The van der Waals surface area contributed by atoms with Crippen LogP contribution in [0.4, 0.5) is 0 Å². The zero-order valence-corrected chi connectivity index (χ0v) is 17.6. The number of hydrogen-bond acceptors (Lipinski definition) is 6. The smallest absolute Gasteiger partial charge is 0.235 e. The molecule has 8 nitrogen and oxygen atoms in total. The standard InChI is InChI=1S/C19H20Cl2N4O4/c1-9-24-25-18(29-9)19(2,3)17(28)22-8-10-6-12(20)15(13(21)7-10)11-4-5-14(26)23-16(11)27/h6-7,11H,4-5,8H2,1-3H3,(H,22,28)(H,23,26,27). The molecule has 1 fully saturated rings. The van der Waals surface area contributed by atoms with Crippen molar-refractivity contribution in [3.8, 4) is 0 Å². The molecule has 3 amide bonds. The molecular weight excluding hydrogens is 419 g/mol. The lowest BCUT2D eigenvalue weighted by Crippen LogP contribution is -2.40. The summed E-state index contributed by atoms with van der Waals surface area (Å²) < 4.78 is 5.37. The second-order valence-corrected chi connectivity index (χ2v) is 8.23. The minimum absolute atomic E-state index is 0.171. The lowest BCUT2D eigenvalue weighted by atomic mass is 9.89. The van der Waals surface area contributed by atoms with Gasteiger partial charge in [0.15, 0.2) is 0 Å². The van der Waals surface area contributed by atoms with Crippen LogP contribution in [0.5, 0.6) is 0 Å². The molecule has 1 aromatic carbocycles. The Morgan fingerprint density at radius 2 is 1.93 bits per heavy atom. The fraction of sp³-hybridized carbons (Fsp3) is 0.421. The summed E-state index contributed by atoms with van der Waals surface area (Å²) in [6.07, 6.45) is 0.573. The van der Waals surface area contributed by atoms with E-state index >= 15 is 0 Å². The third-order valence-electron chi connectivity index (χ3n) is 4.81. The molecule has 10 heteroatoms. The van der Waals surface area contributed by atoms with Crippen LogP contribution in [0, 0.1) is 6.92 Å². The van der Waals surface area contributed by atoms with Gasteiger partial charge in [-0.05, 0) is 38.0 Å². The molecular formula is C19H20Cl2N4O4. The normalized spacial score (nSPS) is 17.2. The minimum Gasteiger partial charge on any atom is -0.424 e. The van der Waals surface area contributed by atoms with Gasteiger partial charge in [-0.1, -0.05) is 23.2 Å². The van der Waals surface area contributed by atoms with Crippen LogP contribution in [0.1, 0.15) is 55.5 Å². The van der Waals surface area contributed by atoms with Crippen LogP contribution >= 0.6 is 23.2 Å². The summed E-state index contributed by atoms with van der Waals surface area (Å²) in [5.74, 6) is -1.02. The highest BCUT2D eigenvalue weighted by atomic mass is 35.5. The van der Waals surface area contributed by atoms with E-state index in [2.05, 4.69) is 20.8 Å². The number of amides is 3. The SMILES string of the molecule is Cc1nnc(C(C)(C)C(=O)NCc2cc(Cl)c(C3CCC(=O)NC3=O)c(Cl)c2)o1. The van der Waals surface area contributed by atoms with Gasteiger partial charge < -0.3 is 9.73 Å². The molecule has 0 radical (unpaired) electrons. The predicted octanol–water partition coefficient (Wildman–Crippen LogP) is 2.80. The van der Waals surface area contributed by atoms with Gasteiger partial charge in [0, 0.05) is 35.5 Å². The van der Waals surface area contributed by atoms with E-state index in [1.807, 2.05) is 0 Å². The molecule has 1 aromatic heterocycles. The first-order chi connectivity index (χ1) is 13.6. The first-order valence-corrected chi connectivity index (χ1v) is 9.75. The Kier molecular flexibility index (Phi) is 5.95. The Balaban J connectivity index is 1.73. The molecule has 1 aliphatic heterocycles. The summed E-state index contributed by atoms with van der Waals surface area (Å²) in [5.41, 5.74) is 0.138. The van der Waals surface area contributed by atoms with Crippen LogP contribution in [0.25, 0.3) is 0 Å². The second kappa shape index (κ2) is 8.12. The molecule has 154 valence electrons. The van der Waals surface area contributed by atoms with Gasteiger partial charge >= 0.3 is 0 Å². The van der Waals surface area contributed by atoms with E-state index in [-0.39, 0.29) is 30.7 Å². The van der Waals surface area contributed by atoms with Crippen molar-refractivity contribution in [1.82, 2.24) is 20.8 Å². The predicted molar refractivity (Wildman–Crippen MR) is 105 cm³/mol. The molecule has 2 N–H and O–H groups in total. The topological polar surface area (TPSA) is 114 Å².